The van der Waals surface area contributed by atoms with Crippen molar-refractivity contribution in [3.63, 3.8) is 0 Å². The van der Waals surface area contributed by atoms with Crippen LogP contribution in [0.4, 0.5) is 0 Å². The van der Waals surface area contributed by atoms with Crippen LogP contribution in [0.1, 0.15) is 45.1 Å². The van der Waals surface area contributed by atoms with Gasteiger partial charge in [0.2, 0.25) is 0 Å². The van der Waals surface area contributed by atoms with Crippen LogP contribution in [0.2, 0.25) is 0 Å². The van der Waals surface area contributed by atoms with Crippen molar-refractivity contribution in [2.75, 3.05) is 13.1 Å². The highest BCUT2D eigenvalue weighted by molar-refractivity contribution is 5.10. The molecule has 0 aliphatic heterocycles. The maximum atomic E-state index is 4.10. The minimum atomic E-state index is 0.682. The van der Waals surface area contributed by atoms with Crippen LogP contribution in [0.15, 0.2) is 24.5 Å². The van der Waals surface area contributed by atoms with E-state index >= 15 is 0 Å². The molecule has 0 aromatic carbocycles. The normalized spacial score (nSPS) is 23.1. The number of nitrogens with one attached hydrogen (secondary N) is 1. The highest BCUT2D eigenvalue weighted by atomic mass is 15.2. The Balaban J connectivity index is 1.96. The van der Waals surface area contributed by atoms with E-state index in [1.807, 2.05) is 12.4 Å². The number of aromatic nitrogens is 1. The van der Waals surface area contributed by atoms with Crippen LogP contribution in [0, 0.1) is 0 Å². The first kappa shape index (κ1) is 14.5. The van der Waals surface area contributed by atoms with Gasteiger partial charge in [-0.05, 0) is 50.0 Å². The van der Waals surface area contributed by atoms with Crippen molar-refractivity contribution in [1.82, 2.24) is 15.2 Å². The van der Waals surface area contributed by atoms with Crippen LogP contribution < -0.4 is 5.32 Å². The molecule has 0 amide bonds. The summed E-state index contributed by atoms with van der Waals surface area (Å²) in [4.78, 5) is 6.72. The lowest BCUT2D eigenvalue weighted by Gasteiger charge is -2.32. The molecule has 106 valence electrons. The number of rotatable bonds is 7. The summed E-state index contributed by atoms with van der Waals surface area (Å²) in [6.07, 6.45) is 9.03. The van der Waals surface area contributed by atoms with Gasteiger partial charge in [-0.2, -0.15) is 0 Å². The Labute approximate surface area is 117 Å². The van der Waals surface area contributed by atoms with Gasteiger partial charge in [0, 0.05) is 31.0 Å². The summed E-state index contributed by atoms with van der Waals surface area (Å²) in [5.41, 5.74) is 1.37. The molecule has 2 rings (SSSR count). The molecule has 3 nitrogen and oxygen atoms in total. The van der Waals surface area contributed by atoms with Gasteiger partial charge in [-0.3, -0.25) is 9.88 Å². The van der Waals surface area contributed by atoms with E-state index in [0.29, 0.717) is 12.1 Å². The molecule has 1 aromatic rings. The number of hydrogen-bond acceptors (Lipinski definition) is 3. The van der Waals surface area contributed by atoms with E-state index in [1.165, 1.54) is 31.2 Å². The van der Waals surface area contributed by atoms with Crippen molar-refractivity contribution < 1.29 is 0 Å². The predicted molar refractivity (Wildman–Crippen MR) is 80.0 cm³/mol. The van der Waals surface area contributed by atoms with E-state index in [1.54, 1.807) is 0 Å². The summed E-state index contributed by atoms with van der Waals surface area (Å²) < 4.78 is 0. The van der Waals surface area contributed by atoms with Crippen molar-refractivity contribution in [3.05, 3.63) is 30.1 Å². The number of hydrogen-bond donors (Lipinski definition) is 1. The molecular formula is C16H27N3. The Kier molecular flexibility index (Phi) is 5.80. The van der Waals surface area contributed by atoms with Crippen LogP contribution in [0.5, 0.6) is 0 Å². The molecule has 0 spiro atoms. The van der Waals surface area contributed by atoms with Crippen molar-refractivity contribution in [1.29, 1.82) is 0 Å². The molecule has 1 saturated carbocycles. The van der Waals surface area contributed by atoms with E-state index in [-0.39, 0.29) is 0 Å². The van der Waals surface area contributed by atoms with Crippen LogP contribution >= 0.6 is 0 Å². The Morgan fingerprint density at radius 1 is 1.26 bits per heavy atom. The first-order chi connectivity index (χ1) is 9.35. The minimum Gasteiger partial charge on any atom is -0.312 e. The zero-order valence-electron chi connectivity index (χ0n) is 12.3. The summed E-state index contributed by atoms with van der Waals surface area (Å²) in [5.74, 6) is 0. The first-order valence-corrected chi connectivity index (χ1v) is 7.71. The standard InChI is InChI=1S/C16H27N3/c1-3-10-18-15-6-5-7-16(15)19(4-2)13-14-8-11-17-12-9-14/h8-9,11-12,15-16,18H,3-7,10,13H2,1-2H3. The monoisotopic (exact) mass is 261 g/mol. The average molecular weight is 261 g/mol. The molecule has 2 unspecified atom stereocenters. The molecule has 1 fully saturated rings. The van der Waals surface area contributed by atoms with Crippen LogP contribution in [0.25, 0.3) is 0 Å². The molecule has 1 heterocycles. The lowest BCUT2D eigenvalue weighted by atomic mass is 10.1. The Hall–Kier alpha value is -0.930. The third kappa shape index (κ3) is 4.02. The van der Waals surface area contributed by atoms with Gasteiger partial charge in [-0.15, -0.1) is 0 Å². The number of likely N-dealkylation sites (N-methyl/N-ethyl adjacent to an activating group) is 1. The number of nitrogens with zero attached hydrogens (tertiary/aromatic N) is 2. The predicted octanol–water partition coefficient (Wildman–Crippen LogP) is 2.82. The third-order valence-electron chi connectivity index (χ3n) is 4.15. The van der Waals surface area contributed by atoms with Gasteiger partial charge in [0.05, 0.1) is 0 Å². The second-order valence-corrected chi connectivity index (χ2v) is 5.48. The Morgan fingerprint density at radius 2 is 2.05 bits per heavy atom. The molecule has 0 saturated heterocycles. The average Bonchev–Trinajstić information content (AvgIpc) is 2.92. The second kappa shape index (κ2) is 7.61. The lowest BCUT2D eigenvalue weighted by Crippen LogP contribution is -2.46. The van der Waals surface area contributed by atoms with Gasteiger partial charge in [-0.25, -0.2) is 0 Å². The zero-order chi connectivity index (χ0) is 13.5. The van der Waals surface area contributed by atoms with Crippen molar-refractivity contribution >= 4 is 0 Å². The summed E-state index contributed by atoms with van der Waals surface area (Å²) in [5, 5.41) is 3.73. The topological polar surface area (TPSA) is 28.2 Å². The highest BCUT2D eigenvalue weighted by Gasteiger charge is 2.30. The molecule has 1 aromatic heterocycles. The first-order valence-electron chi connectivity index (χ1n) is 7.71. The smallest absolute Gasteiger partial charge is 0.0271 e. The maximum Gasteiger partial charge on any atom is 0.0271 e. The SMILES string of the molecule is CCCNC1CCCC1N(CC)Cc1ccncc1. The third-order valence-corrected chi connectivity index (χ3v) is 4.15. The van der Waals surface area contributed by atoms with E-state index in [4.69, 9.17) is 0 Å². The zero-order valence-corrected chi connectivity index (χ0v) is 12.3. The fraction of sp³-hybridized carbons (Fsp3) is 0.688. The van der Waals surface area contributed by atoms with E-state index in [2.05, 4.69) is 41.2 Å². The van der Waals surface area contributed by atoms with Gasteiger partial charge in [0.25, 0.3) is 0 Å². The maximum absolute atomic E-state index is 4.10. The van der Waals surface area contributed by atoms with Crippen LogP contribution in [-0.2, 0) is 6.54 Å². The summed E-state index contributed by atoms with van der Waals surface area (Å²) in [6, 6.07) is 5.64. The molecule has 1 N–H and O–H groups in total. The summed E-state index contributed by atoms with van der Waals surface area (Å²) >= 11 is 0. The van der Waals surface area contributed by atoms with E-state index < -0.39 is 0 Å². The fourth-order valence-corrected chi connectivity index (χ4v) is 3.13. The van der Waals surface area contributed by atoms with E-state index in [0.717, 1.165) is 19.6 Å². The quantitative estimate of drug-likeness (QED) is 0.818. The van der Waals surface area contributed by atoms with Crippen LogP contribution in [0.3, 0.4) is 0 Å². The van der Waals surface area contributed by atoms with Gasteiger partial charge < -0.3 is 5.32 Å². The molecular weight excluding hydrogens is 234 g/mol. The van der Waals surface area contributed by atoms with Crippen LogP contribution in [-0.4, -0.2) is 35.1 Å². The minimum absolute atomic E-state index is 0.682. The van der Waals surface area contributed by atoms with E-state index in [9.17, 15) is 0 Å². The highest BCUT2D eigenvalue weighted by Crippen LogP contribution is 2.25. The molecule has 1 aliphatic rings. The van der Waals surface area contributed by atoms with Crippen molar-refractivity contribution in [2.45, 2.75) is 58.2 Å². The summed E-state index contributed by atoms with van der Waals surface area (Å²) in [6.45, 7) is 7.83. The molecule has 2 atom stereocenters. The Morgan fingerprint density at radius 3 is 2.74 bits per heavy atom. The largest absolute Gasteiger partial charge is 0.312 e. The summed E-state index contributed by atoms with van der Waals surface area (Å²) in [7, 11) is 0. The van der Waals surface area contributed by atoms with Crippen molar-refractivity contribution in [3.8, 4) is 0 Å². The lowest BCUT2D eigenvalue weighted by molar-refractivity contribution is 0.172. The number of pyridine rings is 1. The Bertz CT molecular complexity index is 352. The van der Waals surface area contributed by atoms with Gasteiger partial charge in [0.1, 0.15) is 0 Å². The fourth-order valence-electron chi connectivity index (χ4n) is 3.13. The molecule has 1 aliphatic carbocycles. The second-order valence-electron chi connectivity index (χ2n) is 5.48. The molecule has 0 radical (unpaired) electrons. The van der Waals surface area contributed by atoms with Crippen molar-refractivity contribution in [2.24, 2.45) is 0 Å². The molecule has 19 heavy (non-hydrogen) atoms. The molecule has 3 heteroatoms. The van der Waals surface area contributed by atoms with Gasteiger partial charge in [0.15, 0.2) is 0 Å². The van der Waals surface area contributed by atoms with Gasteiger partial charge >= 0.3 is 0 Å². The van der Waals surface area contributed by atoms with Gasteiger partial charge in [-0.1, -0.05) is 20.3 Å². The molecule has 0 bridgehead atoms.